The second-order valence-corrected chi connectivity index (χ2v) is 6.54. The average molecular weight is 263 g/mol. The van der Waals surface area contributed by atoms with Crippen LogP contribution in [-0.4, -0.2) is 6.21 Å². The predicted molar refractivity (Wildman–Crippen MR) is 87.9 cm³/mol. The summed E-state index contributed by atoms with van der Waals surface area (Å²) in [5.41, 5.74) is 1.36. The second-order valence-electron chi connectivity index (χ2n) is 6.54. The highest BCUT2D eigenvalue weighted by Crippen LogP contribution is 2.44. The van der Waals surface area contributed by atoms with Crippen LogP contribution < -0.4 is 0 Å². The Kier molecular flexibility index (Phi) is 7.97. The van der Waals surface area contributed by atoms with Crippen molar-refractivity contribution >= 4 is 6.21 Å². The van der Waals surface area contributed by atoms with Crippen molar-refractivity contribution in [2.45, 2.75) is 61.3 Å². The molecule has 0 radical (unpaired) electrons. The number of hydrogen-bond donors (Lipinski definition) is 1. The molecule has 0 rings (SSSR count). The number of allylic oxidation sites excluding steroid dienone is 4. The third-order valence-corrected chi connectivity index (χ3v) is 4.98. The van der Waals surface area contributed by atoms with Crippen LogP contribution in [0.15, 0.2) is 23.8 Å². The fraction of sp³-hybridized carbons (Fsp3) is 0.722. The van der Waals surface area contributed by atoms with Crippen molar-refractivity contribution in [2.75, 3.05) is 0 Å². The summed E-state index contributed by atoms with van der Waals surface area (Å²) in [6.45, 7) is 15.9. The van der Waals surface area contributed by atoms with Crippen LogP contribution in [0.4, 0.5) is 0 Å². The topological polar surface area (TPSA) is 23.9 Å². The summed E-state index contributed by atoms with van der Waals surface area (Å²) in [5.74, 6) is 2.00. The van der Waals surface area contributed by atoms with Crippen LogP contribution >= 0.6 is 0 Å². The van der Waals surface area contributed by atoms with Crippen LogP contribution in [0.25, 0.3) is 0 Å². The van der Waals surface area contributed by atoms with E-state index in [0.29, 0.717) is 17.8 Å². The van der Waals surface area contributed by atoms with Gasteiger partial charge in [0.1, 0.15) is 0 Å². The van der Waals surface area contributed by atoms with E-state index in [2.05, 4.69) is 59.8 Å². The van der Waals surface area contributed by atoms with Gasteiger partial charge >= 0.3 is 0 Å². The number of hydrogen-bond acceptors (Lipinski definition) is 1. The van der Waals surface area contributed by atoms with Crippen molar-refractivity contribution in [3.63, 3.8) is 0 Å². The lowest BCUT2D eigenvalue weighted by Gasteiger charge is -2.42. The van der Waals surface area contributed by atoms with Gasteiger partial charge in [0.15, 0.2) is 0 Å². The molecule has 1 nitrogen and oxygen atoms in total. The maximum atomic E-state index is 7.32. The Labute approximate surface area is 120 Å². The van der Waals surface area contributed by atoms with E-state index in [1.54, 1.807) is 0 Å². The van der Waals surface area contributed by atoms with Gasteiger partial charge < -0.3 is 5.41 Å². The minimum atomic E-state index is 0.290. The molecule has 3 atom stereocenters. The SMILES string of the molecule is C/C=C\C[C@H](C)[C@](C)(C/C=C(\C)C=N)[C@@H](C)C(C)C. The largest absolute Gasteiger partial charge is 0.308 e. The van der Waals surface area contributed by atoms with E-state index in [9.17, 15) is 0 Å². The molecule has 0 aliphatic heterocycles. The van der Waals surface area contributed by atoms with Gasteiger partial charge in [0.25, 0.3) is 0 Å². The van der Waals surface area contributed by atoms with Crippen molar-refractivity contribution in [3.8, 4) is 0 Å². The maximum absolute atomic E-state index is 7.32. The van der Waals surface area contributed by atoms with Crippen LogP contribution in [-0.2, 0) is 0 Å². The van der Waals surface area contributed by atoms with Crippen molar-refractivity contribution < 1.29 is 0 Å². The first-order valence-electron chi connectivity index (χ1n) is 7.58. The molecule has 0 amide bonds. The smallest absolute Gasteiger partial charge is 0.0203 e. The normalized spacial score (nSPS) is 19.5. The second kappa shape index (κ2) is 8.35. The number of nitrogens with one attached hydrogen (secondary N) is 1. The number of rotatable bonds is 8. The lowest BCUT2D eigenvalue weighted by Crippen LogP contribution is -2.35. The third-order valence-electron chi connectivity index (χ3n) is 4.98. The summed E-state index contributed by atoms with van der Waals surface area (Å²) < 4.78 is 0. The molecule has 110 valence electrons. The van der Waals surface area contributed by atoms with Gasteiger partial charge in [-0.25, -0.2) is 0 Å². The maximum Gasteiger partial charge on any atom is 0.0203 e. The molecule has 0 spiro atoms. The summed E-state index contributed by atoms with van der Waals surface area (Å²) in [6, 6.07) is 0. The molecule has 0 heterocycles. The van der Waals surface area contributed by atoms with Crippen LogP contribution in [0.5, 0.6) is 0 Å². The van der Waals surface area contributed by atoms with Crippen molar-refractivity contribution in [3.05, 3.63) is 23.8 Å². The lowest BCUT2D eigenvalue weighted by molar-refractivity contribution is 0.0841. The zero-order chi connectivity index (χ0) is 15.1. The van der Waals surface area contributed by atoms with E-state index < -0.39 is 0 Å². The summed E-state index contributed by atoms with van der Waals surface area (Å²) >= 11 is 0. The van der Waals surface area contributed by atoms with E-state index in [4.69, 9.17) is 5.41 Å². The van der Waals surface area contributed by atoms with Gasteiger partial charge in [-0.2, -0.15) is 0 Å². The van der Waals surface area contributed by atoms with Crippen LogP contribution in [0.3, 0.4) is 0 Å². The highest BCUT2D eigenvalue weighted by molar-refractivity contribution is 5.74. The third kappa shape index (κ3) is 5.34. The molecule has 0 aliphatic rings. The highest BCUT2D eigenvalue weighted by Gasteiger charge is 2.36. The Bertz CT molecular complexity index is 325. The Morgan fingerprint density at radius 2 is 1.79 bits per heavy atom. The van der Waals surface area contributed by atoms with Crippen LogP contribution in [0, 0.1) is 28.6 Å². The Balaban J connectivity index is 5.16. The molecule has 0 unspecified atom stereocenters. The molecule has 0 bridgehead atoms. The Morgan fingerprint density at radius 3 is 2.21 bits per heavy atom. The van der Waals surface area contributed by atoms with Gasteiger partial charge in [-0.05, 0) is 55.4 Å². The minimum Gasteiger partial charge on any atom is -0.308 e. The van der Waals surface area contributed by atoms with E-state index in [1.165, 1.54) is 6.21 Å². The van der Waals surface area contributed by atoms with E-state index in [0.717, 1.165) is 18.4 Å². The first-order chi connectivity index (χ1) is 8.79. The summed E-state index contributed by atoms with van der Waals surface area (Å²) in [4.78, 5) is 0. The van der Waals surface area contributed by atoms with Crippen molar-refractivity contribution in [2.24, 2.45) is 23.2 Å². The molecule has 0 aromatic carbocycles. The standard InChI is InChI=1S/C18H33N/c1-8-9-10-16(5)18(7,17(6)14(2)3)12-11-15(4)13-19/h8-9,11,13-14,16-17,19H,10,12H2,1-7H3/b9-8-,15-11+,19-13?/t16-,17-,18-/m0/s1. The average Bonchev–Trinajstić information content (AvgIpc) is 2.40. The molecule has 0 aliphatic carbocycles. The fourth-order valence-corrected chi connectivity index (χ4v) is 2.65. The van der Waals surface area contributed by atoms with Gasteiger partial charge in [-0.3, -0.25) is 0 Å². The lowest BCUT2D eigenvalue weighted by atomic mass is 9.62. The molecule has 0 fully saturated rings. The summed E-state index contributed by atoms with van der Waals surface area (Å²) in [6.07, 6.45) is 10.3. The summed E-state index contributed by atoms with van der Waals surface area (Å²) in [5, 5.41) is 7.32. The highest BCUT2D eigenvalue weighted by atomic mass is 14.4. The molecule has 0 aromatic heterocycles. The van der Waals surface area contributed by atoms with Crippen LogP contribution in [0.1, 0.15) is 61.3 Å². The van der Waals surface area contributed by atoms with Crippen molar-refractivity contribution in [1.29, 1.82) is 5.41 Å². The van der Waals surface area contributed by atoms with E-state index in [1.807, 2.05) is 6.92 Å². The van der Waals surface area contributed by atoms with E-state index in [-0.39, 0.29) is 5.41 Å². The zero-order valence-corrected chi connectivity index (χ0v) is 14.0. The first-order valence-corrected chi connectivity index (χ1v) is 7.58. The van der Waals surface area contributed by atoms with E-state index >= 15 is 0 Å². The van der Waals surface area contributed by atoms with Gasteiger partial charge in [-0.15, -0.1) is 0 Å². The predicted octanol–water partition coefficient (Wildman–Crippen LogP) is 5.87. The molecule has 0 saturated heterocycles. The molecule has 0 saturated carbocycles. The summed E-state index contributed by atoms with van der Waals surface area (Å²) in [7, 11) is 0. The molecule has 1 heteroatoms. The Morgan fingerprint density at radius 1 is 1.21 bits per heavy atom. The van der Waals surface area contributed by atoms with Gasteiger partial charge in [0.2, 0.25) is 0 Å². The fourth-order valence-electron chi connectivity index (χ4n) is 2.65. The monoisotopic (exact) mass is 263 g/mol. The van der Waals surface area contributed by atoms with Crippen molar-refractivity contribution in [1.82, 2.24) is 0 Å². The molecular weight excluding hydrogens is 230 g/mol. The quantitative estimate of drug-likeness (QED) is 0.418. The zero-order valence-electron chi connectivity index (χ0n) is 14.0. The molecule has 0 aromatic rings. The van der Waals surface area contributed by atoms with Gasteiger partial charge in [0, 0.05) is 6.21 Å². The van der Waals surface area contributed by atoms with Crippen LogP contribution in [0.2, 0.25) is 0 Å². The van der Waals surface area contributed by atoms with Gasteiger partial charge in [0.05, 0.1) is 0 Å². The van der Waals surface area contributed by atoms with Gasteiger partial charge in [-0.1, -0.05) is 52.8 Å². The molecular formula is C18H33N. The molecule has 1 N–H and O–H groups in total. The molecule has 19 heavy (non-hydrogen) atoms. The first kappa shape index (κ1) is 18.1. The Hall–Kier alpha value is -0.850. The minimum absolute atomic E-state index is 0.290.